The number of aliphatic hydroxyl groups is 1. The molecule has 0 bridgehead atoms. The van der Waals surface area contributed by atoms with Gasteiger partial charge in [0.2, 0.25) is 0 Å². The third kappa shape index (κ3) is 1.46. The maximum absolute atomic E-state index is 12.3. The highest BCUT2D eigenvalue weighted by atomic mass is 16.3. The van der Waals surface area contributed by atoms with Gasteiger partial charge in [0.25, 0.3) is 0 Å². The lowest BCUT2D eigenvalue weighted by molar-refractivity contribution is -0.141. The topological polar surface area (TPSA) is 37.3 Å². The summed E-state index contributed by atoms with van der Waals surface area (Å²) in [6.45, 7) is 8.28. The Labute approximate surface area is 104 Å². The number of Topliss-reactive ketones (excluding diaryl/α,β-unsaturated/α-hetero) is 1. The van der Waals surface area contributed by atoms with Crippen LogP contribution in [-0.2, 0) is 4.79 Å². The number of ketones is 1. The molecule has 2 heteroatoms. The van der Waals surface area contributed by atoms with Crippen molar-refractivity contribution in [1.29, 1.82) is 0 Å². The Balaban J connectivity index is 1.90. The highest BCUT2D eigenvalue weighted by Crippen LogP contribution is 2.75. The molecule has 3 aliphatic carbocycles. The SMILES string of the molecule is CC(C)(O)[C@@H]1C[C@H]2[C@](C)(CC1=O)C[C@@H]1C[C@@]12C. The summed E-state index contributed by atoms with van der Waals surface area (Å²) in [4.78, 5) is 12.3. The number of rotatable bonds is 1. The third-order valence-corrected chi connectivity index (χ3v) is 6.10. The fraction of sp³-hybridized carbons (Fsp3) is 0.933. The second-order valence-corrected chi connectivity index (χ2v) is 7.90. The average Bonchev–Trinajstić information content (AvgIpc) is 2.67. The highest BCUT2D eigenvalue weighted by Gasteiger charge is 2.69. The van der Waals surface area contributed by atoms with Crippen LogP contribution in [0.4, 0.5) is 0 Å². The second-order valence-electron chi connectivity index (χ2n) is 7.90. The van der Waals surface area contributed by atoms with Gasteiger partial charge in [-0.25, -0.2) is 0 Å². The van der Waals surface area contributed by atoms with Gasteiger partial charge in [-0.05, 0) is 55.8 Å². The summed E-state index contributed by atoms with van der Waals surface area (Å²) >= 11 is 0. The molecule has 0 aromatic rings. The van der Waals surface area contributed by atoms with Crippen molar-refractivity contribution in [3.8, 4) is 0 Å². The molecule has 0 radical (unpaired) electrons. The van der Waals surface area contributed by atoms with Crippen LogP contribution in [0.3, 0.4) is 0 Å². The van der Waals surface area contributed by atoms with Crippen molar-refractivity contribution in [2.24, 2.45) is 28.6 Å². The van der Waals surface area contributed by atoms with E-state index >= 15 is 0 Å². The van der Waals surface area contributed by atoms with E-state index in [2.05, 4.69) is 13.8 Å². The first-order valence-corrected chi connectivity index (χ1v) is 6.92. The Hall–Kier alpha value is -0.370. The molecule has 0 saturated heterocycles. The van der Waals surface area contributed by atoms with Crippen molar-refractivity contribution in [3.05, 3.63) is 0 Å². The fourth-order valence-corrected chi connectivity index (χ4v) is 5.03. The molecule has 0 spiro atoms. The van der Waals surface area contributed by atoms with E-state index in [1.54, 1.807) is 13.8 Å². The predicted octanol–water partition coefficient (Wildman–Crippen LogP) is 2.79. The number of carbonyl (C=O) groups excluding carboxylic acids is 1. The summed E-state index contributed by atoms with van der Waals surface area (Å²) in [7, 11) is 0. The molecule has 2 nitrogen and oxygen atoms in total. The molecule has 0 heterocycles. The second kappa shape index (κ2) is 2.96. The molecule has 3 aliphatic rings. The molecule has 1 N–H and O–H groups in total. The van der Waals surface area contributed by atoms with Gasteiger partial charge in [0.15, 0.2) is 0 Å². The Morgan fingerprint density at radius 3 is 2.53 bits per heavy atom. The van der Waals surface area contributed by atoms with E-state index in [0.717, 1.165) is 12.3 Å². The maximum atomic E-state index is 12.3. The number of hydrogen-bond acceptors (Lipinski definition) is 2. The van der Waals surface area contributed by atoms with Crippen molar-refractivity contribution < 1.29 is 9.90 Å². The van der Waals surface area contributed by atoms with Crippen molar-refractivity contribution in [3.63, 3.8) is 0 Å². The summed E-state index contributed by atoms with van der Waals surface area (Å²) in [6, 6.07) is 0. The zero-order chi connectivity index (χ0) is 12.6. The van der Waals surface area contributed by atoms with Gasteiger partial charge in [0.05, 0.1) is 5.60 Å². The normalized spacial score (nSPS) is 53.2. The fourth-order valence-electron chi connectivity index (χ4n) is 5.03. The van der Waals surface area contributed by atoms with Crippen LogP contribution in [0, 0.1) is 28.6 Å². The molecule has 17 heavy (non-hydrogen) atoms. The van der Waals surface area contributed by atoms with Crippen LogP contribution in [0.25, 0.3) is 0 Å². The first kappa shape index (κ1) is 11.7. The monoisotopic (exact) mass is 236 g/mol. The van der Waals surface area contributed by atoms with Crippen LogP contribution >= 0.6 is 0 Å². The van der Waals surface area contributed by atoms with Gasteiger partial charge in [-0.2, -0.15) is 0 Å². The number of hydrogen-bond donors (Lipinski definition) is 1. The lowest BCUT2D eigenvalue weighted by Crippen LogP contribution is -2.47. The molecule has 96 valence electrons. The van der Waals surface area contributed by atoms with Crippen LogP contribution in [0.2, 0.25) is 0 Å². The van der Waals surface area contributed by atoms with Gasteiger partial charge < -0.3 is 5.11 Å². The quantitative estimate of drug-likeness (QED) is 0.760. The van der Waals surface area contributed by atoms with Crippen LogP contribution in [0.15, 0.2) is 0 Å². The zero-order valence-corrected chi connectivity index (χ0v) is 11.4. The average molecular weight is 236 g/mol. The highest BCUT2D eigenvalue weighted by molar-refractivity contribution is 5.84. The van der Waals surface area contributed by atoms with Gasteiger partial charge in [-0.15, -0.1) is 0 Å². The molecule has 3 saturated carbocycles. The molecule has 3 rings (SSSR count). The van der Waals surface area contributed by atoms with Crippen molar-refractivity contribution >= 4 is 5.78 Å². The van der Waals surface area contributed by atoms with Gasteiger partial charge in [-0.3, -0.25) is 4.79 Å². The van der Waals surface area contributed by atoms with E-state index in [4.69, 9.17) is 0 Å². The van der Waals surface area contributed by atoms with Gasteiger partial charge in [-0.1, -0.05) is 13.8 Å². The van der Waals surface area contributed by atoms with Gasteiger partial charge in [0.1, 0.15) is 5.78 Å². The molecule has 0 aromatic carbocycles. The molecule has 5 atom stereocenters. The predicted molar refractivity (Wildman–Crippen MR) is 66.5 cm³/mol. The van der Waals surface area contributed by atoms with Crippen molar-refractivity contribution in [2.75, 3.05) is 0 Å². The maximum Gasteiger partial charge on any atom is 0.139 e. The minimum Gasteiger partial charge on any atom is -0.390 e. The van der Waals surface area contributed by atoms with E-state index in [0.29, 0.717) is 23.5 Å². The summed E-state index contributed by atoms with van der Waals surface area (Å²) in [5.41, 5.74) is -0.128. The van der Waals surface area contributed by atoms with Crippen molar-refractivity contribution in [1.82, 2.24) is 0 Å². The third-order valence-electron chi connectivity index (χ3n) is 6.10. The summed E-state index contributed by atoms with van der Waals surface area (Å²) < 4.78 is 0. The van der Waals surface area contributed by atoms with E-state index in [1.807, 2.05) is 0 Å². The minimum atomic E-state index is -0.845. The molecular formula is C15H24O2. The lowest BCUT2D eigenvalue weighted by Gasteiger charge is -2.46. The summed E-state index contributed by atoms with van der Waals surface area (Å²) in [5.74, 6) is 1.65. The van der Waals surface area contributed by atoms with E-state index in [-0.39, 0.29) is 11.3 Å². The van der Waals surface area contributed by atoms with Crippen LogP contribution in [0.5, 0.6) is 0 Å². The molecule has 0 aliphatic heterocycles. The first-order valence-electron chi connectivity index (χ1n) is 6.92. The number of carbonyl (C=O) groups is 1. The standard InChI is InChI=1S/C15H24O2/c1-13(2,17)10-5-12-14(3,8-11(10)16)6-9-7-15(9,12)4/h9-10,12,17H,5-8H2,1-4H3/t9-,10-,12+,14+,15+/m1/s1. The van der Waals surface area contributed by atoms with Crippen LogP contribution < -0.4 is 0 Å². The van der Waals surface area contributed by atoms with E-state index in [1.165, 1.54) is 12.8 Å². The van der Waals surface area contributed by atoms with Gasteiger partial charge >= 0.3 is 0 Å². The zero-order valence-electron chi connectivity index (χ0n) is 11.4. The molecule has 3 fully saturated rings. The Bertz CT molecular complexity index is 381. The Morgan fingerprint density at radius 1 is 1.29 bits per heavy atom. The molecular weight excluding hydrogens is 212 g/mol. The van der Waals surface area contributed by atoms with Crippen LogP contribution in [-0.4, -0.2) is 16.5 Å². The first-order chi connectivity index (χ1) is 7.67. The molecule has 0 aromatic heterocycles. The smallest absolute Gasteiger partial charge is 0.139 e. The molecule has 0 amide bonds. The largest absolute Gasteiger partial charge is 0.390 e. The number of fused-ring (bicyclic) bond motifs is 3. The van der Waals surface area contributed by atoms with Crippen molar-refractivity contribution in [2.45, 2.75) is 59.0 Å². The van der Waals surface area contributed by atoms with Crippen LogP contribution in [0.1, 0.15) is 53.4 Å². The summed E-state index contributed by atoms with van der Waals surface area (Å²) in [6.07, 6.45) is 4.18. The Morgan fingerprint density at radius 2 is 1.94 bits per heavy atom. The van der Waals surface area contributed by atoms with E-state index in [9.17, 15) is 9.90 Å². The minimum absolute atomic E-state index is 0.142. The summed E-state index contributed by atoms with van der Waals surface area (Å²) in [5, 5.41) is 10.2. The lowest BCUT2D eigenvalue weighted by atomic mass is 9.59. The molecule has 0 unspecified atom stereocenters. The Kier molecular flexibility index (Phi) is 2.04. The van der Waals surface area contributed by atoms with E-state index < -0.39 is 5.60 Å². The van der Waals surface area contributed by atoms with Gasteiger partial charge in [0, 0.05) is 12.3 Å².